The molecule has 0 amide bonds. The number of esters is 1. The van der Waals surface area contributed by atoms with Crippen LogP contribution in [0.1, 0.15) is 17.3 Å². The fraction of sp³-hybridized carbons (Fsp3) is 0.133. The van der Waals surface area contributed by atoms with Crippen LogP contribution in [-0.2, 0) is 4.74 Å². The van der Waals surface area contributed by atoms with Crippen LogP contribution in [0.15, 0.2) is 36.8 Å². The summed E-state index contributed by atoms with van der Waals surface area (Å²) in [5.74, 6) is -0.773. The smallest absolute Gasteiger partial charge is 0.340 e. The first-order valence-electron chi connectivity index (χ1n) is 6.46. The molecule has 0 radical (unpaired) electrons. The lowest BCUT2D eigenvalue weighted by atomic mass is 10.1. The van der Waals surface area contributed by atoms with Crippen molar-refractivity contribution in [1.82, 2.24) is 15.0 Å². The van der Waals surface area contributed by atoms with E-state index >= 15 is 0 Å². The summed E-state index contributed by atoms with van der Waals surface area (Å²) in [6.45, 7) is 2.02. The van der Waals surface area contributed by atoms with Crippen LogP contribution in [0, 0.1) is 5.82 Å². The molecule has 2 aromatic heterocycles. The third kappa shape index (κ3) is 2.35. The summed E-state index contributed by atoms with van der Waals surface area (Å²) in [6.07, 6.45) is 2.94. The van der Waals surface area contributed by atoms with Crippen LogP contribution < -0.4 is 0 Å². The number of carbonyl (C=O) groups excluding carboxylic acids is 1. The third-order valence-electron chi connectivity index (χ3n) is 3.08. The standard InChI is InChI=1S/C15H12FN3O2/c1-2-21-15(20)11-7-17-14-12(11)13(18-8-19-14)9-3-5-10(16)6-4-9/h3-8H,2H2,1H3,(H,17,18,19). The van der Waals surface area contributed by atoms with Gasteiger partial charge in [-0.15, -0.1) is 0 Å². The number of aromatic nitrogens is 3. The number of carbonyl (C=O) groups is 1. The van der Waals surface area contributed by atoms with Crippen LogP contribution in [0.25, 0.3) is 22.3 Å². The van der Waals surface area contributed by atoms with Crippen molar-refractivity contribution >= 4 is 17.0 Å². The van der Waals surface area contributed by atoms with Crippen LogP contribution in [0.2, 0.25) is 0 Å². The monoisotopic (exact) mass is 285 g/mol. The number of H-pyrrole nitrogens is 1. The van der Waals surface area contributed by atoms with E-state index in [0.717, 1.165) is 0 Å². The lowest BCUT2D eigenvalue weighted by molar-refractivity contribution is 0.0528. The molecule has 0 atom stereocenters. The molecule has 3 aromatic rings. The fourth-order valence-electron chi connectivity index (χ4n) is 2.16. The predicted molar refractivity (Wildman–Crippen MR) is 75.2 cm³/mol. The van der Waals surface area contributed by atoms with Crippen molar-refractivity contribution in [1.29, 1.82) is 0 Å². The van der Waals surface area contributed by atoms with E-state index in [-0.39, 0.29) is 12.4 Å². The molecule has 6 heteroatoms. The highest BCUT2D eigenvalue weighted by atomic mass is 19.1. The quantitative estimate of drug-likeness (QED) is 0.751. The summed E-state index contributed by atoms with van der Waals surface area (Å²) in [4.78, 5) is 23.2. The molecule has 3 rings (SSSR count). The van der Waals surface area contributed by atoms with Crippen LogP contribution in [-0.4, -0.2) is 27.5 Å². The Morgan fingerprint density at radius 2 is 2.05 bits per heavy atom. The number of fused-ring (bicyclic) bond motifs is 1. The number of hydrogen-bond acceptors (Lipinski definition) is 4. The molecule has 2 heterocycles. The van der Waals surface area contributed by atoms with Gasteiger partial charge in [-0.05, 0) is 31.2 Å². The molecule has 0 aliphatic heterocycles. The molecule has 21 heavy (non-hydrogen) atoms. The maximum absolute atomic E-state index is 13.1. The molecule has 106 valence electrons. The van der Waals surface area contributed by atoms with E-state index in [2.05, 4.69) is 15.0 Å². The molecule has 0 aliphatic rings. The summed E-state index contributed by atoms with van der Waals surface area (Å²) >= 11 is 0. The van der Waals surface area contributed by atoms with Crippen LogP contribution in [0.5, 0.6) is 0 Å². The molecule has 0 saturated heterocycles. The average Bonchev–Trinajstić information content (AvgIpc) is 2.92. The normalized spacial score (nSPS) is 10.8. The fourth-order valence-corrected chi connectivity index (χ4v) is 2.16. The van der Waals surface area contributed by atoms with Crippen molar-refractivity contribution < 1.29 is 13.9 Å². The van der Waals surface area contributed by atoms with Crippen molar-refractivity contribution in [3.63, 3.8) is 0 Å². The number of nitrogens with zero attached hydrogens (tertiary/aromatic N) is 2. The highest BCUT2D eigenvalue weighted by molar-refractivity contribution is 6.08. The van der Waals surface area contributed by atoms with Gasteiger partial charge in [-0.2, -0.15) is 0 Å². The number of halogens is 1. The van der Waals surface area contributed by atoms with E-state index in [4.69, 9.17) is 4.74 Å². The largest absolute Gasteiger partial charge is 0.462 e. The Morgan fingerprint density at radius 3 is 2.76 bits per heavy atom. The summed E-state index contributed by atoms with van der Waals surface area (Å²) in [6, 6.07) is 5.91. The third-order valence-corrected chi connectivity index (χ3v) is 3.08. The zero-order valence-electron chi connectivity index (χ0n) is 11.3. The van der Waals surface area contributed by atoms with Gasteiger partial charge in [-0.1, -0.05) is 0 Å². The van der Waals surface area contributed by atoms with Gasteiger partial charge in [-0.3, -0.25) is 0 Å². The Hall–Kier alpha value is -2.76. The molecular formula is C15H12FN3O2. The number of nitrogens with one attached hydrogen (secondary N) is 1. The zero-order valence-corrected chi connectivity index (χ0v) is 11.3. The van der Waals surface area contributed by atoms with Gasteiger partial charge in [-0.25, -0.2) is 19.2 Å². The van der Waals surface area contributed by atoms with Crippen molar-refractivity contribution in [2.24, 2.45) is 0 Å². The first-order valence-corrected chi connectivity index (χ1v) is 6.46. The van der Waals surface area contributed by atoms with Crippen molar-refractivity contribution in [2.75, 3.05) is 6.61 Å². The summed E-state index contributed by atoms with van der Waals surface area (Å²) in [7, 11) is 0. The second-order valence-corrected chi connectivity index (χ2v) is 4.38. The summed E-state index contributed by atoms with van der Waals surface area (Å²) in [5, 5.41) is 0.572. The Balaban J connectivity index is 2.20. The number of aromatic amines is 1. The average molecular weight is 285 g/mol. The Labute approximate surface area is 119 Å². The van der Waals surface area contributed by atoms with Gasteiger partial charge in [0.15, 0.2) is 0 Å². The van der Waals surface area contributed by atoms with E-state index in [0.29, 0.717) is 27.9 Å². The molecule has 0 fully saturated rings. The van der Waals surface area contributed by atoms with Gasteiger partial charge >= 0.3 is 5.97 Å². The van der Waals surface area contributed by atoms with Gasteiger partial charge < -0.3 is 9.72 Å². The highest BCUT2D eigenvalue weighted by Crippen LogP contribution is 2.28. The van der Waals surface area contributed by atoms with Gasteiger partial charge in [0.1, 0.15) is 17.8 Å². The molecular weight excluding hydrogens is 273 g/mol. The van der Waals surface area contributed by atoms with E-state index < -0.39 is 5.97 Å². The molecule has 0 bridgehead atoms. The van der Waals surface area contributed by atoms with E-state index in [9.17, 15) is 9.18 Å². The van der Waals surface area contributed by atoms with Crippen LogP contribution in [0.3, 0.4) is 0 Å². The minimum absolute atomic E-state index is 0.283. The summed E-state index contributed by atoms with van der Waals surface area (Å²) < 4.78 is 18.1. The van der Waals surface area contributed by atoms with Gasteiger partial charge in [0, 0.05) is 11.8 Å². The number of ether oxygens (including phenoxy) is 1. The van der Waals surface area contributed by atoms with Crippen molar-refractivity contribution in [3.05, 3.63) is 48.2 Å². The van der Waals surface area contributed by atoms with Gasteiger partial charge in [0.2, 0.25) is 0 Å². The number of benzene rings is 1. The first-order chi connectivity index (χ1) is 10.2. The second-order valence-electron chi connectivity index (χ2n) is 4.38. The molecule has 0 aliphatic carbocycles. The van der Waals surface area contributed by atoms with Crippen molar-refractivity contribution in [2.45, 2.75) is 6.92 Å². The summed E-state index contributed by atoms with van der Waals surface area (Å²) in [5.41, 5.74) is 2.16. The first kappa shape index (κ1) is 13.2. The minimum atomic E-state index is -0.443. The van der Waals surface area contributed by atoms with Gasteiger partial charge in [0.25, 0.3) is 0 Å². The predicted octanol–water partition coefficient (Wildman–Crippen LogP) is 2.94. The SMILES string of the molecule is CCOC(=O)c1c[nH]c2ncnc(-c3ccc(F)cc3)c12. The van der Waals surface area contributed by atoms with Crippen LogP contribution in [0.4, 0.5) is 4.39 Å². The molecule has 5 nitrogen and oxygen atoms in total. The van der Waals surface area contributed by atoms with E-state index in [1.807, 2.05) is 0 Å². The topological polar surface area (TPSA) is 67.9 Å². The lowest BCUT2D eigenvalue weighted by Gasteiger charge is -2.05. The van der Waals surface area contributed by atoms with E-state index in [1.54, 1.807) is 25.3 Å². The number of rotatable bonds is 3. The molecule has 0 unspecified atom stereocenters. The Kier molecular flexibility index (Phi) is 3.35. The molecule has 0 saturated carbocycles. The van der Waals surface area contributed by atoms with E-state index in [1.165, 1.54) is 18.5 Å². The molecule has 0 spiro atoms. The minimum Gasteiger partial charge on any atom is -0.462 e. The molecule has 1 aromatic carbocycles. The number of hydrogen-bond donors (Lipinski definition) is 1. The maximum atomic E-state index is 13.1. The van der Waals surface area contributed by atoms with Crippen LogP contribution >= 0.6 is 0 Å². The van der Waals surface area contributed by atoms with Gasteiger partial charge in [0.05, 0.1) is 23.3 Å². The van der Waals surface area contributed by atoms with Crippen molar-refractivity contribution in [3.8, 4) is 11.3 Å². The Bertz CT molecular complexity index is 796. The Morgan fingerprint density at radius 1 is 1.29 bits per heavy atom. The zero-order chi connectivity index (χ0) is 14.8. The lowest BCUT2D eigenvalue weighted by Crippen LogP contribution is -2.04. The molecule has 1 N–H and O–H groups in total. The highest BCUT2D eigenvalue weighted by Gasteiger charge is 2.18. The second kappa shape index (κ2) is 5.32. The maximum Gasteiger partial charge on any atom is 0.340 e.